The topological polar surface area (TPSA) is 47.3 Å². The van der Waals surface area contributed by atoms with E-state index in [1.807, 2.05) is 11.8 Å². The monoisotopic (exact) mass is 292 g/mol. The van der Waals surface area contributed by atoms with E-state index in [2.05, 4.69) is 10.1 Å². The van der Waals surface area contributed by atoms with Crippen molar-refractivity contribution >= 4 is 23.1 Å². The third kappa shape index (κ3) is 3.86. The van der Waals surface area contributed by atoms with Crippen LogP contribution < -0.4 is 15.8 Å². The molecule has 0 aromatic heterocycles. The van der Waals surface area contributed by atoms with Gasteiger partial charge in [-0.25, -0.2) is 4.39 Å². The third-order valence-electron chi connectivity index (χ3n) is 2.93. The van der Waals surface area contributed by atoms with Gasteiger partial charge in [-0.2, -0.15) is 20.5 Å². The van der Waals surface area contributed by atoms with Crippen LogP contribution in [0, 0.1) is 11.7 Å². The van der Waals surface area contributed by atoms with Crippen LogP contribution >= 0.6 is 11.8 Å². The third-order valence-corrected chi connectivity index (χ3v) is 4.16. The Balaban J connectivity index is 2.05. The summed E-state index contributed by atoms with van der Waals surface area (Å²) in [5.41, 5.74) is 6.26. The van der Waals surface area contributed by atoms with Crippen LogP contribution in [0.2, 0.25) is 0 Å². The van der Waals surface area contributed by atoms with Crippen molar-refractivity contribution in [3.8, 4) is 5.75 Å². The first-order valence-electron chi connectivity index (χ1n) is 5.91. The Hall–Kier alpha value is -1.24. The van der Waals surface area contributed by atoms with Crippen LogP contribution in [-0.2, 0) is 0 Å². The smallest absolute Gasteiger partial charge is 0.387 e. The predicted octanol–water partition coefficient (Wildman–Crippen LogP) is 3.17. The van der Waals surface area contributed by atoms with E-state index in [0.717, 1.165) is 24.0 Å². The van der Waals surface area contributed by atoms with E-state index in [9.17, 15) is 13.2 Å². The zero-order valence-electron chi connectivity index (χ0n) is 10.2. The molecule has 0 aliphatic carbocycles. The van der Waals surface area contributed by atoms with Crippen molar-refractivity contribution in [2.75, 3.05) is 29.1 Å². The highest BCUT2D eigenvalue weighted by Crippen LogP contribution is 2.30. The van der Waals surface area contributed by atoms with E-state index in [1.165, 1.54) is 6.07 Å². The molecular formula is C12H15F3N2OS. The molecule has 1 unspecified atom stereocenters. The van der Waals surface area contributed by atoms with Gasteiger partial charge < -0.3 is 15.8 Å². The summed E-state index contributed by atoms with van der Waals surface area (Å²) < 4.78 is 41.7. The second kappa shape index (κ2) is 6.27. The highest BCUT2D eigenvalue weighted by molar-refractivity contribution is 7.99. The molecule has 7 heteroatoms. The molecule has 1 heterocycles. The summed E-state index contributed by atoms with van der Waals surface area (Å²) in [4.78, 5) is 0. The molecule has 1 saturated heterocycles. The number of halogens is 3. The van der Waals surface area contributed by atoms with Crippen molar-refractivity contribution < 1.29 is 17.9 Å². The van der Waals surface area contributed by atoms with E-state index >= 15 is 0 Å². The largest absolute Gasteiger partial charge is 0.432 e. The van der Waals surface area contributed by atoms with E-state index in [0.29, 0.717) is 18.2 Å². The number of ether oxygens (including phenoxy) is 1. The number of thioether (sulfide) groups is 1. The second-order valence-electron chi connectivity index (χ2n) is 4.36. The van der Waals surface area contributed by atoms with Crippen molar-refractivity contribution in [2.45, 2.75) is 13.0 Å². The molecule has 1 aliphatic rings. The van der Waals surface area contributed by atoms with Gasteiger partial charge in [-0.05, 0) is 23.8 Å². The van der Waals surface area contributed by atoms with Crippen molar-refractivity contribution in [1.29, 1.82) is 0 Å². The molecule has 3 N–H and O–H groups in total. The molecule has 0 spiro atoms. The van der Waals surface area contributed by atoms with E-state index in [-0.39, 0.29) is 5.69 Å². The maximum atomic E-state index is 13.4. The Kier molecular flexibility index (Phi) is 4.68. The number of benzene rings is 1. The number of hydrogen-bond acceptors (Lipinski definition) is 4. The fourth-order valence-corrected chi connectivity index (χ4v) is 3.19. The van der Waals surface area contributed by atoms with E-state index in [1.54, 1.807) is 0 Å². The molecule has 0 saturated carbocycles. The van der Waals surface area contributed by atoms with Crippen molar-refractivity contribution in [3.05, 3.63) is 17.9 Å². The highest BCUT2D eigenvalue weighted by atomic mass is 32.2. The zero-order chi connectivity index (χ0) is 13.8. The summed E-state index contributed by atoms with van der Waals surface area (Å²) in [5, 5.41) is 3.07. The number of alkyl halides is 2. The summed E-state index contributed by atoms with van der Waals surface area (Å²) in [6, 6.07) is 2.17. The number of anilines is 2. The second-order valence-corrected chi connectivity index (χ2v) is 5.51. The number of nitrogen functional groups attached to an aromatic ring is 1. The molecule has 0 radical (unpaired) electrons. The summed E-state index contributed by atoms with van der Waals surface area (Å²) in [5.74, 6) is 1.33. The summed E-state index contributed by atoms with van der Waals surface area (Å²) >= 11 is 1.88. The molecular weight excluding hydrogens is 277 g/mol. The maximum Gasteiger partial charge on any atom is 0.387 e. The first-order valence-corrected chi connectivity index (χ1v) is 7.07. The van der Waals surface area contributed by atoms with Gasteiger partial charge >= 0.3 is 6.61 Å². The molecule has 1 aliphatic heterocycles. The lowest BCUT2D eigenvalue weighted by atomic mass is 10.1. The number of nitrogens with two attached hydrogens (primary N) is 1. The Labute approximate surface area is 113 Å². The van der Waals surface area contributed by atoms with Gasteiger partial charge in [-0.15, -0.1) is 0 Å². The molecule has 1 aromatic rings. The first-order chi connectivity index (χ1) is 9.06. The van der Waals surface area contributed by atoms with Crippen LogP contribution in [0.5, 0.6) is 5.75 Å². The van der Waals surface area contributed by atoms with Gasteiger partial charge in [0, 0.05) is 18.7 Å². The highest BCUT2D eigenvalue weighted by Gasteiger charge is 2.17. The average molecular weight is 292 g/mol. The van der Waals surface area contributed by atoms with Gasteiger partial charge in [-0.3, -0.25) is 0 Å². The first kappa shape index (κ1) is 14.2. The molecule has 1 fully saturated rings. The summed E-state index contributed by atoms with van der Waals surface area (Å²) in [6.07, 6.45) is 1.11. The van der Waals surface area contributed by atoms with Crippen LogP contribution in [0.15, 0.2) is 12.1 Å². The standard InChI is InChI=1S/C12H15F3N2OS/c13-8-3-9(16)10(4-11(8)18-12(14)15)17-5-7-1-2-19-6-7/h3-4,7,12,17H,1-2,5-6,16H2. The van der Waals surface area contributed by atoms with Crippen LogP contribution in [-0.4, -0.2) is 24.7 Å². The SMILES string of the molecule is Nc1cc(F)c(OC(F)F)cc1NCC1CCSC1. The molecule has 2 rings (SSSR count). The zero-order valence-corrected chi connectivity index (χ0v) is 11.0. The Bertz CT molecular complexity index is 439. The van der Waals surface area contributed by atoms with Crippen LogP contribution in [0.3, 0.4) is 0 Å². The Morgan fingerprint density at radius 3 is 2.89 bits per heavy atom. The average Bonchev–Trinajstić information content (AvgIpc) is 2.83. The lowest BCUT2D eigenvalue weighted by molar-refractivity contribution is -0.0521. The summed E-state index contributed by atoms with van der Waals surface area (Å²) in [6.45, 7) is -2.37. The van der Waals surface area contributed by atoms with Crippen molar-refractivity contribution in [1.82, 2.24) is 0 Å². The number of rotatable bonds is 5. The van der Waals surface area contributed by atoms with Crippen LogP contribution in [0.25, 0.3) is 0 Å². The van der Waals surface area contributed by atoms with Crippen LogP contribution in [0.1, 0.15) is 6.42 Å². The molecule has 19 heavy (non-hydrogen) atoms. The minimum Gasteiger partial charge on any atom is -0.432 e. The summed E-state index contributed by atoms with van der Waals surface area (Å²) in [7, 11) is 0. The fourth-order valence-electron chi connectivity index (χ4n) is 1.91. The van der Waals surface area contributed by atoms with Crippen molar-refractivity contribution in [3.63, 3.8) is 0 Å². The fraction of sp³-hybridized carbons (Fsp3) is 0.500. The normalized spacial score (nSPS) is 18.8. The van der Waals surface area contributed by atoms with E-state index in [4.69, 9.17) is 5.73 Å². The lowest BCUT2D eigenvalue weighted by Crippen LogP contribution is -2.15. The van der Waals surface area contributed by atoms with Gasteiger partial charge in [0.05, 0.1) is 11.4 Å². The maximum absolute atomic E-state index is 13.4. The minimum atomic E-state index is -3.06. The number of nitrogens with one attached hydrogen (secondary N) is 1. The van der Waals surface area contributed by atoms with Crippen LogP contribution in [0.4, 0.5) is 24.5 Å². The lowest BCUT2D eigenvalue weighted by Gasteiger charge is -2.15. The molecule has 1 atom stereocenters. The van der Waals surface area contributed by atoms with Crippen molar-refractivity contribution in [2.24, 2.45) is 5.92 Å². The predicted molar refractivity (Wildman–Crippen MR) is 71.4 cm³/mol. The molecule has 0 amide bonds. The quantitative estimate of drug-likeness (QED) is 0.818. The van der Waals surface area contributed by atoms with Gasteiger partial charge in [0.1, 0.15) is 0 Å². The molecule has 0 bridgehead atoms. The molecule has 3 nitrogen and oxygen atoms in total. The van der Waals surface area contributed by atoms with Gasteiger partial charge in [0.15, 0.2) is 11.6 Å². The Morgan fingerprint density at radius 1 is 1.47 bits per heavy atom. The molecule has 106 valence electrons. The van der Waals surface area contributed by atoms with E-state index < -0.39 is 18.2 Å². The minimum absolute atomic E-state index is 0.185. The molecule has 1 aromatic carbocycles. The van der Waals surface area contributed by atoms with Gasteiger partial charge in [0.2, 0.25) is 0 Å². The number of hydrogen-bond donors (Lipinski definition) is 2. The van der Waals surface area contributed by atoms with Gasteiger partial charge in [-0.1, -0.05) is 0 Å². The van der Waals surface area contributed by atoms with Gasteiger partial charge in [0.25, 0.3) is 0 Å². The Morgan fingerprint density at radius 2 is 2.26 bits per heavy atom.